The Kier molecular flexibility index (Phi) is 5.48. The number of rotatable bonds is 5. The molecule has 162 valence electrons. The van der Waals surface area contributed by atoms with Crippen LogP contribution in [0.1, 0.15) is 29.8 Å². The Hall–Kier alpha value is -2.55. The smallest absolute Gasteiger partial charge is 0.289 e. The summed E-state index contributed by atoms with van der Waals surface area (Å²) in [5.41, 5.74) is 0.554. The maximum absolute atomic E-state index is 12.9. The van der Waals surface area contributed by atoms with Crippen molar-refractivity contribution >= 4 is 32.6 Å². The number of ether oxygens (including phenoxy) is 1. The molecule has 0 radical (unpaired) electrons. The number of carbonyl (C=O) groups is 2. The van der Waals surface area contributed by atoms with Gasteiger partial charge in [0.2, 0.25) is 5.91 Å². The highest BCUT2D eigenvalue weighted by Gasteiger charge is 2.37. The molecule has 2 aliphatic heterocycles. The lowest BCUT2D eigenvalue weighted by atomic mass is 10.0. The van der Waals surface area contributed by atoms with Crippen LogP contribution >= 0.6 is 0 Å². The maximum atomic E-state index is 12.9. The number of fused-ring (bicyclic) bond motifs is 1. The van der Waals surface area contributed by atoms with E-state index in [0.717, 1.165) is 5.39 Å². The largest absolute Gasteiger partial charge is 0.493 e. The molecule has 8 nitrogen and oxygen atoms in total. The number of amides is 2. The second-order valence-electron chi connectivity index (χ2n) is 8.22. The molecule has 1 aromatic carbocycles. The number of carbonyl (C=O) groups excluding carboxylic acids is 2. The third kappa shape index (κ3) is 4.16. The van der Waals surface area contributed by atoms with Crippen LogP contribution in [0, 0.1) is 5.92 Å². The number of nitrogens with zero attached hydrogens (tertiary/aromatic N) is 2. The van der Waals surface area contributed by atoms with Crippen LogP contribution in [0.4, 0.5) is 0 Å². The van der Waals surface area contributed by atoms with E-state index in [1.807, 2.05) is 17.0 Å². The summed E-state index contributed by atoms with van der Waals surface area (Å²) < 4.78 is 34.2. The van der Waals surface area contributed by atoms with Gasteiger partial charge in [-0.2, -0.15) is 0 Å². The zero-order chi connectivity index (χ0) is 21.5. The first kappa shape index (κ1) is 20.7. The molecule has 0 aliphatic carbocycles. The monoisotopic (exact) mass is 434 g/mol. The Morgan fingerprint density at radius 2 is 2.00 bits per heavy atom. The normalized spacial score (nSPS) is 20.9. The molecule has 1 aromatic heterocycles. The zero-order valence-electron chi connectivity index (χ0n) is 17.2. The fourth-order valence-electron chi connectivity index (χ4n) is 4.54. The molecule has 2 aromatic rings. The number of piperidine rings is 1. The number of benzene rings is 1. The summed E-state index contributed by atoms with van der Waals surface area (Å²) in [6.07, 6.45) is 2.84. The van der Waals surface area contributed by atoms with Gasteiger partial charge in [0.1, 0.15) is 9.84 Å². The molecule has 2 aliphatic rings. The predicted molar refractivity (Wildman–Crippen MR) is 111 cm³/mol. The van der Waals surface area contributed by atoms with Gasteiger partial charge in [-0.15, -0.1) is 0 Å². The third-order valence-electron chi connectivity index (χ3n) is 5.91. The Balaban J connectivity index is 1.39. The number of likely N-dealkylation sites (tertiary alicyclic amines) is 2. The highest BCUT2D eigenvalue weighted by atomic mass is 32.2. The van der Waals surface area contributed by atoms with E-state index >= 15 is 0 Å². The van der Waals surface area contributed by atoms with E-state index in [9.17, 15) is 18.0 Å². The van der Waals surface area contributed by atoms with Crippen molar-refractivity contribution in [3.05, 3.63) is 30.0 Å². The highest BCUT2D eigenvalue weighted by molar-refractivity contribution is 7.90. The van der Waals surface area contributed by atoms with Gasteiger partial charge in [-0.05, 0) is 30.9 Å². The SMILES string of the molecule is COc1cccc2cc(C(=O)N3CCC(N4CC(CS(C)(=O)=O)CC4=O)CC3)oc12. The van der Waals surface area contributed by atoms with Gasteiger partial charge in [-0.25, -0.2) is 8.42 Å². The van der Waals surface area contributed by atoms with Crippen molar-refractivity contribution in [3.63, 3.8) is 0 Å². The van der Waals surface area contributed by atoms with Crippen molar-refractivity contribution in [1.29, 1.82) is 0 Å². The molecule has 0 saturated carbocycles. The van der Waals surface area contributed by atoms with Gasteiger partial charge in [0.15, 0.2) is 17.1 Å². The summed E-state index contributed by atoms with van der Waals surface area (Å²) in [6.45, 7) is 1.53. The molecule has 0 spiro atoms. The first-order valence-corrected chi connectivity index (χ1v) is 12.1. The minimum absolute atomic E-state index is 0.0119. The Morgan fingerprint density at radius 1 is 1.27 bits per heavy atom. The van der Waals surface area contributed by atoms with Gasteiger partial charge in [-0.3, -0.25) is 9.59 Å². The first-order valence-electron chi connectivity index (χ1n) is 10.1. The van der Waals surface area contributed by atoms with Gasteiger partial charge < -0.3 is 19.0 Å². The van der Waals surface area contributed by atoms with Gasteiger partial charge in [0.05, 0.1) is 12.9 Å². The fraction of sp³-hybridized carbons (Fsp3) is 0.524. The standard InChI is InChI=1S/C21H26N2O6S/c1-28-17-5-3-4-15-11-18(29-20(15)17)21(25)22-8-6-16(7-9-22)23-12-14(10-19(23)24)13-30(2,26)27/h3-5,11,14,16H,6-10,12-13H2,1-2H3. The summed E-state index contributed by atoms with van der Waals surface area (Å²) in [5, 5.41) is 0.812. The summed E-state index contributed by atoms with van der Waals surface area (Å²) in [5.74, 6) is 0.604. The Bertz CT molecular complexity index is 1070. The summed E-state index contributed by atoms with van der Waals surface area (Å²) in [7, 11) is -1.54. The van der Waals surface area contributed by atoms with Crippen LogP contribution < -0.4 is 4.74 Å². The predicted octanol–water partition coefficient (Wildman–Crippen LogP) is 1.94. The average molecular weight is 435 g/mol. The summed E-state index contributed by atoms with van der Waals surface area (Å²) in [4.78, 5) is 28.9. The highest BCUT2D eigenvalue weighted by Crippen LogP contribution is 2.30. The van der Waals surface area contributed by atoms with Crippen molar-refractivity contribution in [2.45, 2.75) is 25.3 Å². The van der Waals surface area contributed by atoms with Crippen molar-refractivity contribution in [1.82, 2.24) is 9.80 Å². The second kappa shape index (κ2) is 7.94. The van der Waals surface area contributed by atoms with E-state index in [4.69, 9.17) is 9.15 Å². The van der Waals surface area contributed by atoms with Crippen molar-refractivity contribution in [2.75, 3.05) is 38.8 Å². The minimum atomic E-state index is -3.10. The van der Waals surface area contributed by atoms with Crippen molar-refractivity contribution < 1.29 is 27.2 Å². The maximum Gasteiger partial charge on any atom is 0.289 e. The van der Waals surface area contributed by atoms with Crippen LogP contribution in [0.5, 0.6) is 5.75 Å². The molecule has 1 unspecified atom stereocenters. The molecule has 2 saturated heterocycles. The fourth-order valence-corrected chi connectivity index (χ4v) is 5.62. The van der Waals surface area contributed by atoms with Gasteiger partial charge >= 0.3 is 0 Å². The van der Waals surface area contributed by atoms with Crippen LogP contribution in [-0.2, 0) is 14.6 Å². The molecular weight excluding hydrogens is 408 g/mol. The van der Waals surface area contributed by atoms with Crippen molar-refractivity contribution in [3.8, 4) is 5.75 Å². The van der Waals surface area contributed by atoms with Crippen LogP contribution in [0.15, 0.2) is 28.7 Å². The molecule has 4 rings (SSSR count). The van der Waals surface area contributed by atoms with Crippen LogP contribution in [0.2, 0.25) is 0 Å². The molecular formula is C21H26N2O6S. The minimum Gasteiger partial charge on any atom is -0.493 e. The molecule has 0 N–H and O–H groups in total. The molecule has 30 heavy (non-hydrogen) atoms. The van der Waals surface area contributed by atoms with E-state index in [1.54, 1.807) is 24.1 Å². The third-order valence-corrected chi connectivity index (χ3v) is 6.99. The second-order valence-corrected chi connectivity index (χ2v) is 10.4. The number of hydrogen-bond donors (Lipinski definition) is 0. The first-order chi connectivity index (χ1) is 14.2. The van der Waals surface area contributed by atoms with E-state index in [-0.39, 0.29) is 41.7 Å². The molecule has 1 atom stereocenters. The molecule has 2 fully saturated rings. The zero-order valence-corrected chi connectivity index (χ0v) is 18.0. The van der Waals surface area contributed by atoms with E-state index in [0.29, 0.717) is 43.8 Å². The van der Waals surface area contributed by atoms with E-state index < -0.39 is 9.84 Å². The molecule has 2 amide bonds. The molecule has 9 heteroatoms. The topological polar surface area (TPSA) is 97.1 Å². The van der Waals surface area contributed by atoms with E-state index in [2.05, 4.69) is 0 Å². The Labute approximate surface area is 175 Å². The van der Waals surface area contributed by atoms with Gasteiger partial charge in [-0.1, -0.05) is 12.1 Å². The van der Waals surface area contributed by atoms with Gasteiger partial charge in [0, 0.05) is 43.7 Å². The number of methoxy groups -OCH3 is 1. The Morgan fingerprint density at radius 3 is 2.67 bits per heavy atom. The molecule has 3 heterocycles. The van der Waals surface area contributed by atoms with Gasteiger partial charge in [0.25, 0.3) is 5.91 Å². The number of sulfone groups is 1. The quantitative estimate of drug-likeness (QED) is 0.713. The lowest BCUT2D eigenvalue weighted by Crippen LogP contribution is -2.47. The summed E-state index contributed by atoms with van der Waals surface area (Å²) in [6, 6.07) is 7.28. The van der Waals surface area contributed by atoms with E-state index in [1.165, 1.54) is 6.26 Å². The number of hydrogen-bond acceptors (Lipinski definition) is 6. The lowest BCUT2D eigenvalue weighted by Gasteiger charge is -2.36. The number of furan rings is 1. The van der Waals surface area contributed by atoms with Crippen LogP contribution in [0.25, 0.3) is 11.0 Å². The number of para-hydroxylation sites is 1. The summed E-state index contributed by atoms with van der Waals surface area (Å²) >= 11 is 0. The van der Waals surface area contributed by atoms with Crippen LogP contribution in [-0.4, -0.2) is 74.8 Å². The lowest BCUT2D eigenvalue weighted by molar-refractivity contribution is -0.130. The van der Waals surface area contributed by atoms with Crippen LogP contribution in [0.3, 0.4) is 0 Å². The van der Waals surface area contributed by atoms with Crippen molar-refractivity contribution in [2.24, 2.45) is 5.92 Å². The molecule has 0 bridgehead atoms. The average Bonchev–Trinajstić information content (AvgIpc) is 3.29.